The van der Waals surface area contributed by atoms with Gasteiger partial charge in [0, 0.05) is 40.3 Å². The van der Waals surface area contributed by atoms with Gasteiger partial charge in [-0.05, 0) is 43.0 Å². The number of rotatable bonds is 10. The zero-order chi connectivity index (χ0) is 23.4. The highest BCUT2D eigenvalue weighted by molar-refractivity contribution is 7.89. The third kappa shape index (κ3) is 5.46. The molecule has 1 aliphatic heterocycles. The number of aromatic nitrogens is 2. The van der Waals surface area contributed by atoms with Crippen molar-refractivity contribution in [3.05, 3.63) is 59.9 Å². The summed E-state index contributed by atoms with van der Waals surface area (Å²) in [6.07, 6.45) is 3.42. The van der Waals surface area contributed by atoms with Gasteiger partial charge in [-0.25, -0.2) is 17.7 Å². The van der Waals surface area contributed by atoms with Crippen LogP contribution in [0.25, 0.3) is 11.0 Å². The van der Waals surface area contributed by atoms with Crippen molar-refractivity contribution in [2.75, 3.05) is 27.2 Å². The first-order valence-electron chi connectivity index (χ1n) is 11.7. The topological polar surface area (TPSA) is 67.7 Å². The summed E-state index contributed by atoms with van der Waals surface area (Å²) in [5.74, 6) is 0.958. The van der Waals surface area contributed by atoms with Crippen LogP contribution in [0.4, 0.5) is 0 Å². The van der Waals surface area contributed by atoms with E-state index in [1.165, 1.54) is 9.87 Å². The number of hydrogen-bond acceptors (Lipinski definition) is 5. The third-order valence-electron chi connectivity index (χ3n) is 6.12. The van der Waals surface area contributed by atoms with Gasteiger partial charge < -0.3 is 9.30 Å². The van der Waals surface area contributed by atoms with Crippen LogP contribution in [0, 0.1) is 0 Å². The van der Waals surface area contributed by atoms with Crippen LogP contribution in [0.2, 0.25) is 0 Å². The molecule has 1 fully saturated rings. The van der Waals surface area contributed by atoms with Gasteiger partial charge in [0.2, 0.25) is 10.0 Å². The van der Waals surface area contributed by atoms with Crippen molar-refractivity contribution < 1.29 is 13.2 Å². The Labute approximate surface area is 197 Å². The second-order valence-corrected chi connectivity index (χ2v) is 11.1. The molecule has 1 aromatic heterocycles. The fourth-order valence-corrected chi connectivity index (χ4v) is 5.35. The lowest BCUT2D eigenvalue weighted by atomic mass is 10.2. The average molecular weight is 471 g/mol. The van der Waals surface area contributed by atoms with Gasteiger partial charge in [0.1, 0.15) is 5.82 Å². The molecule has 0 bridgehead atoms. The predicted molar refractivity (Wildman–Crippen MR) is 130 cm³/mol. The number of fused-ring (bicyclic) bond motifs is 1. The van der Waals surface area contributed by atoms with Crippen LogP contribution in [0.3, 0.4) is 0 Å². The SMILES string of the molecule is CCCn1c(CN(Cc2ccccc2)CC2CCCO2)nc2cc(S(=O)(=O)N(C)C)ccc21. The van der Waals surface area contributed by atoms with Crippen molar-refractivity contribution in [1.29, 1.82) is 0 Å². The second-order valence-electron chi connectivity index (χ2n) is 8.91. The van der Waals surface area contributed by atoms with Gasteiger partial charge in [-0.1, -0.05) is 37.3 Å². The summed E-state index contributed by atoms with van der Waals surface area (Å²) in [4.78, 5) is 7.59. The first kappa shape index (κ1) is 23.9. The Bertz CT molecular complexity index is 1170. The Morgan fingerprint density at radius 1 is 1.12 bits per heavy atom. The highest BCUT2D eigenvalue weighted by atomic mass is 32.2. The van der Waals surface area contributed by atoms with Crippen LogP contribution < -0.4 is 0 Å². The maximum Gasteiger partial charge on any atom is 0.242 e. The highest BCUT2D eigenvalue weighted by Gasteiger charge is 2.23. The number of nitrogens with zero attached hydrogens (tertiary/aromatic N) is 4. The zero-order valence-electron chi connectivity index (χ0n) is 19.8. The van der Waals surface area contributed by atoms with E-state index in [1.807, 2.05) is 12.1 Å². The minimum atomic E-state index is -3.51. The van der Waals surface area contributed by atoms with Crippen molar-refractivity contribution in [3.63, 3.8) is 0 Å². The molecule has 178 valence electrons. The maximum absolute atomic E-state index is 12.6. The van der Waals surface area contributed by atoms with E-state index in [4.69, 9.17) is 9.72 Å². The average Bonchev–Trinajstić information content (AvgIpc) is 3.42. The van der Waals surface area contributed by atoms with Crippen molar-refractivity contribution in [2.45, 2.75) is 56.8 Å². The molecule has 1 saturated heterocycles. The fraction of sp³-hybridized carbons (Fsp3) is 0.480. The fourth-order valence-electron chi connectivity index (χ4n) is 4.43. The largest absolute Gasteiger partial charge is 0.377 e. The van der Waals surface area contributed by atoms with E-state index in [9.17, 15) is 8.42 Å². The van der Waals surface area contributed by atoms with E-state index in [1.54, 1.807) is 26.2 Å². The molecule has 1 atom stereocenters. The number of sulfonamides is 1. The molecule has 0 amide bonds. The molecule has 7 nitrogen and oxygen atoms in total. The first-order chi connectivity index (χ1) is 15.9. The second kappa shape index (κ2) is 10.3. The monoisotopic (exact) mass is 470 g/mol. The van der Waals surface area contributed by atoms with Crippen LogP contribution in [0.5, 0.6) is 0 Å². The molecule has 4 rings (SSSR count). The van der Waals surface area contributed by atoms with Crippen LogP contribution >= 0.6 is 0 Å². The Morgan fingerprint density at radius 3 is 2.58 bits per heavy atom. The lowest BCUT2D eigenvalue weighted by Crippen LogP contribution is -2.32. The van der Waals surface area contributed by atoms with Crippen molar-refractivity contribution >= 4 is 21.1 Å². The van der Waals surface area contributed by atoms with Crippen molar-refractivity contribution in [2.24, 2.45) is 0 Å². The van der Waals surface area contributed by atoms with E-state index in [0.29, 0.717) is 6.54 Å². The minimum absolute atomic E-state index is 0.245. The Hall–Kier alpha value is -2.26. The summed E-state index contributed by atoms with van der Waals surface area (Å²) in [7, 11) is -0.409. The summed E-state index contributed by atoms with van der Waals surface area (Å²) in [5, 5.41) is 0. The van der Waals surface area contributed by atoms with E-state index >= 15 is 0 Å². The number of ether oxygens (including phenoxy) is 1. The van der Waals surface area contributed by atoms with Crippen LogP contribution in [0.1, 0.15) is 37.6 Å². The molecule has 33 heavy (non-hydrogen) atoms. The molecule has 1 aliphatic rings. The Morgan fingerprint density at radius 2 is 1.91 bits per heavy atom. The number of aryl methyl sites for hydroxylation is 1. The van der Waals surface area contributed by atoms with Gasteiger partial charge in [-0.15, -0.1) is 0 Å². The number of hydrogen-bond donors (Lipinski definition) is 0. The lowest BCUT2D eigenvalue weighted by Gasteiger charge is -2.25. The molecular formula is C25H34N4O3S. The molecule has 8 heteroatoms. The molecule has 3 aromatic rings. The summed E-state index contributed by atoms with van der Waals surface area (Å²) in [5.41, 5.74) is 2.95. The molecule has 0 spiro atoms. The standard InChI is InChI=1S/C25H34N4O3S/c1-4-14-29-24-13-12-22(33(30,31)27(2)3)16-23(24)26-25(29)19-28(18-21-11-8-15-32-21)17-20-9-6-5-7-10-20/h5-7,9-10,12-13,16,21H,4,8,11,14-15,17-19H2,1-3H3. The van der Waals surface area contributed by atoms with Crippen molar-refractivity contribution in [3.8, 4) is 0 Å². The van der Waals surface area contributed by atoms with Gasteiger partial charge >= 0.3 is 0 Å². The van der Waals surface area contributed by atoms with Gasteiger partial charge in [0.15, 0.2) is 0 Å². The third-order valence-corrected chi connectivity index (χ3v) is 7.94. The van der Waals surface area contributed by atoms with Crippen LogP contribution in [-0.4, -0.2) is 60.5 Å². The summed E-state index contributed by atoms with van der Waals surface area (Å²) < 4.78 is 34.7. The normalized spacial score (nSPS) is 16.9. The summed E-state index contributed by atoms with van der Waals surface area (Å²) >= 11 is 0. The molecule has 0 aliphatic carbocycles. The van der Waals surface area contributed by atoms with E-state index in [2.05, 4.69) is 40.7 Å². The zero-order valence-corrected chi connectivity index (χ0v) is 20.6. The summed E-state index contributed by atoms with van der Waals surface area (Å²) in [6.45, 7) is 6.17. The molecule has 0 N–H and O–H groups in total. The van der Waals surface area contributed by atoms with E-state index < -0.39 is 10.0 Å². The minimum Gasteiger partial charge on any atom is -0.377 e. The smallest absolute Gasteiger partial charge is 0.242 e. The van der Waals surface area contributed by atoms with Crippen LogP contribution in [-0.2, 0) is 34.4 Å². The van der Waals surface area contributed by atoms with Gasteiger partial charge in [0.25, 0.3) is 0 Å². The van der Waals surface area contributed by atoms with Crippen LogP contribution in [0.15, 0.2) is 53.4 Å². The van der Waals surface area contributed by atoms with Gasteiger partial charge in [0.05, 0.1) is 28.6 Å². The Balaban J connectivity index is 1.67. The molecule has 0 saturated carbocycles. The Kier molecular flexibility index (Phi) is 7.48. The van der Waals surface area contributed by atoms with Crippen molar-refractivity contribution in [1.82, 2.24) is 18.8 Å². The van der Waals surface area contributed by atoms with E-state index in [-0.39, 0.29) is 11.0 Å². The van der Waals surface area contributed by atoms with Gasteiger partial charge in [-0.3, -0.25) is 4.90 Å². The molecule has 2 heterocycles. The number of imidazole rings is 1. The van der Waals surface area contributed by atoms with Gasteiger partial charge in [-0.2, -0.15) is 0 Å². The predicted octanol–water partition coefficient (Wildman–Crippen LogP) is 3.88. The molecular weight excluding hydrogens is 436 g/mol. The summed E-state index contributed by atoms with van der Waals surface area (Å²) in [6, 6.07) is 15.7. The molecule has 2 aromatic carbocycles. The lowest BCUT2D eigenvalue weighted by molar-refractivity contribution is 0.0666. The van der Waals surface area contributed by atoms with E-state index in [0.717, 1.165) is 62.4 Å². The molecule has 1 unspecified atom stereocenters. The quantitative estimate of drug-likeness (QED) is 0.450. The highest BCUT2D eigenvalue weighted by Crippen LogP contribution is 2.24. The number of benzene rings is 2. The first-order valence-corrected chi connectivity index (χ1v) is 13.1. The maximum atomic E-state index is 12.6. The molecule has 0 radical (unpaired) electrons.